The number of halogens is 2. The van der Waals surface area contributed by atoms with Gasteiger partial charge in [-0.1, -0.05) is 6.07 Å². The molecule has 0 bridgehead atoms. The molecule has 0 saturated heterocycles. The molecule has 6 heteroatoms. The number of nitro benzene ring substituents is 1. The van der Waals surface area contributed by atoms with Crippen LogP contribution in [0.3, 0.4) is 0 Å². The van der Waals surface area contributed by atoms with Gasteiger partial charge in [-0.25, -0.2) is 0 Å². The predicted molar refractivity (Wildman–Crippen MR) is 60.4 cm³/mol. The predicted octanol–water partition coefficient (Wildman–Crippen LogP) is 3.17. The van der Waals surface area contributed by atoms with Crippen LogP contribution < -0.4 is 0 Å². The number of nitrogens with zero attached hydrogens (tertiary/aromatic N) is 1. The molecule has 0 aromatic heterocycles. The SMILES string of the molecule is CC(Cl)C(=O)c1cccc(Br)c1[N+](=O)[O-]. The van der Waals surface area contributed by atoms with E-state index in [2.05, 4.69) is 15.9 Å². The van der Waals surface area contributed by atoms with E-state index in [0.717, 1.165) is 0 Å². The van der Waals surface area contributed by atoms with Gasteiger partial charge in [0.1, 0.15) is 0 Å². The second-order valence-electron chi connectivity index (χ2n) is 2.87. The first kappa shape index (κ1) is 12.1. The van der Waals surface area contributed by atoms with Gasteiger partial charge in [-0.05, 0) is 35.0 Å². The second-order valence-corrected chi connectivity index (χ2v) is 4.38. The molecule has 0 aliphatic carbocycles. The number of hydrogen-bond acceptors (Lipinski definition) is 3. The highest BCUT2D eigenvalue weighted by molar-refractivity contribution is 9.10. The molecule has 0 aliphatic rings. The molecule has 1 aromatic carbocycles. The Morgan fingerprint density at radius 1 is 1.60 bits per heavy atom. The normalized spacial score (nSPS) is 12.2. The van der Waals surface area contributed by atoms with Crippen molar-refractivity contribution in [3.63, 3.8) is 0 Å². The van der Waals surface area contributed by atoms with E-state index in [1.54, 1.807) is 6.07 Å². The molecule has 15 heavy (non-hydrogen) atoms. The maximum Gasteiger partial charge on any atom is 0.294 e. The van der Waals surface area contributed by atoms with Crippen LogP contribution in [0.1, 0.15) is 17.3 Å². The van der Waals surface area contributed by atoms with Gasteiger partial charge >= 0.3 is 0 Å². The molecule has 0 saturated carbocycles. The standard InChI is InChI=1S/C9H7BrClNO3/c1-5(11)9(13)6-3-2-4-7(10)8(6)12(14)15/h2-5H,1H3. The first-order valence-electron chi connectivity index (χ1n) is 4.06. The van der Waals surface area contributed by atoms with Crippen LogP contribution in [0.15, 0.2) is 22.7 Å². The Kier molecular flexibility index (Phi) is 3.82. The van der Waals surface area contributed by atoms with Crippen LogP contribution in [0.2, 0.25) is 0 Å². The monoisotopic (exact) mass is 291 g/mol. The zero-order valence-electron chi connectivity index (χ0n) is 7.74. The molecule has 0 N–H and O–H groups in total. The summed E-state index contributed by atoms with van der Waals surface area (Å²) in [6.07, 6.45) is 0. The average Bonchev–Trinajstić information content (AvgIpc) is 2.15. The fourth-order valence-electron chi connectivity index (χ4n) is 1.11. The first-order chi connectivity index (χ1) is 6.95. The molecule has 1 unspecified atom stereocenters. The molecule has 1 rings (SSSR count). The van der Waals surface area contributed by atoms with E-state index in [9.17, 15) is 14.9 Å². The molecule has 4 nitrogen and oxygen atoms in total. The molecule has 0 heterocycles. The molecule has 1 aromatic rings. The Morgan fingerprint density at radius 2 is 2.20 bits per heavy atom. The molecule has 1 atom stereocenters. The zero-order chi connectivity index (χ0) is 11.6. The van der Waals surface area contributed by atoms with Gasteiger partial charge in [0.15, 0.2) is 5.78 Å². The number of benzene rings is 1. The Hall–Kier alpha value is -0.940. The maximum absolute atomic E-state index is 11.6. The summed E-state index contributed by atoms with van der Waals surface area (Å²) in [5, 5.41) is 9.97. The number of carbonyl (C=O) groups is 1. The van der Waals surface area contributed by atoms with E-state index < -0.39 is 16.1 Å². The molecule has 0 fully saturated rings. The fourth-order valence-corrected chi connectivity index (χ4v) is 1.74. The highest BCUT2D eigenvalue weighted by atomic mass is 79.9. The van der Waals surface area contributed by atoms with Crippen LogP contribution in [0.4, 0.5) is 5.69 Å². The van der Waals surface area contributed by atoms with E-state index in [0.29, 0.717) is 0 Å². The van der Waals surface area contributed by atoms with Crippen molar-refractivity contribution < 1.29 is 9.72 Å². The smallest absolute Gasteiger partial charge is 0.292 e. The van der Waals surface area contributed by atoms with Crippen LogP contribution >= 0.6 is 27.5 Å². The lowest BCUT2D eigenvalue weighted by atomic mass is 10.1. The number of nitro groups is 1. The van der Waals surface area contributed by atoms with Gasteiger partial charge in [0, 0.05) is 0 Å². The summed E-state index contributed by atoms with van der Waals surface area (Å²) in [6, 6.07) is 4.46. The Morgan fingerprint density at radius 3 is 2.67 bits per heavy atom. The van der Waals surface area contributed by atoms with Crippen molar-refractivity contribution in [3.8, 4) is 0 Å². The number of Topliss-reactive ketones (excluding diaryl/α,β-unsaturated/α-hetero) is 1. The van der Waals surface area contributed by atoms with Gasteiger partial charge in [-0.2, -0.15) is 0 Å². The number of ketones is 1. The van der Waals surface area contributed by atoms with Gasteiger partial charge in [0.25, 0.3) is 5.69 Å². The highest BCUT2D eigenvalue weighted by Crippen LogP contribution is 2.29. The lowest BCUT2D eigenvalue weighted by Crippen LogP contribution is -2.12. The largest absolute Gasteiger partial charge is 0.294 e. The van der Waals surface area contributed by atoms with Crippen molar-refractivity contribution in [2.45, 2.75) is 12.3 Å². The zero-order valence-corrected chi connectivity index (χ0v) is 10.1. The third-order valence-corrected chi connectivity index (χ3v) is 2.63. The van der Waals surface area contributed by atoms with Crippen LogP contribution in [-0.2, 0) is 0 Å². The third kappa shape index (κ3) is 2.54. The molecule has 80 valence electrons. The lowest BCUT2D eigenvalue weighted by molar-refractivity contribution is -0.385. The Balaban J connectivity index is 3.35. The van der Waals surface area contributed by atoms with E-state index in [4.69, 9.17) is 11.6 Å². The van der Waals surface area contributed by atoms with Crippen molar-refractivity contribution in [2.75, 3.05) is 0 Å². The summed E-state index contributed by atoms with van der Waals surface area (Å²) in [5.41, 5.74) is -0.216. The summed E-state index contributed by atoms with van der Waals surface area (Å²) in [7, 11) is 0. The maximum atomic E-state index is 11.6. The van der Waals surface area contributed by atoms with E-state index in [-0.39, 0.29) is 15.7 Å². The number of alkyl halides is 1. The number of carbonyl (C=O) groups excluding carboxylic acids is 1. The van der Waals surface area contributed by atoms with E-state index in [1.165, 1.54) is 19.1 Å². The van der Waals surface area contributed by atoms with Gasteiger partial charge in [0.05, 0.1) is 20.3 Å². The minimum Gasteiger partial charge on any atom is -0.292 e. The number of hydrogen-bond donors (Lipinski definition) is 0. The fraction of sp³-hybridized carbons (Fsp3) is 0.222. The van der Waals surface area contributed by atoms with Gasteiger partial charge in [-0.3, -0.25) is 14.9 Å². The first-order valence-corrected chi connectivity index (χ1v) is 5.29. The average molecular weight is 293 g/mol. The van der Waals surface area contributed by atoms with Crippen molar-refractivity contribution in [2.24, 2.45) is 0 Å². The van der Waals surface area contributed by atoms with Gasteiger partial charge in [0.2, 0.25) is 0 Å². The molecule has 0 amide bonds. The van der Waals surface area contributed by atoms with E-state index >= 15 is 0 Å². The third-order valence-electron chi connectivity index (χ3n) is 1.80. The molecule has 0 spiro atoms. The number of para-hydroxylation sites is 1. The van der Waals surface area contributed by atoms with Crippen LogP contribution in [0.25, 0.3) is 0 Å². The van der Waals surface area contributed by atoms with Gasteiger partial charge in [-0.15, -0.1) is 11.6 Å². The van der Waals surface area contributed by atoms with Crippen molar-refractivity contribution in [1.82, 2.24) is 0 Å². The Labute approximate surface area is 99.5 Å². The summed E-state index contributed by atoms with van der Waals surface area (Å²) >= 11 is 8.63. The Bertz CT molecular complexity index is 420. The summed E-state index contributed by atoms with van der Waals surface area (Å²) in [5.74, 6) is -0.454. The van der Waals surface area contributed by atoms with Gasteiger partial charge < -0.3 is 0 Å². The van der Waals surface area contributed by atoms with Crippen molar-refractivity contribution in [1.29, 1.82) is 0 Å². The lowest BCUT2D eigenvalue weighted by Gasteiger charge is -2.04. The number of rotatable bonds is 3. The topological polar surface area (TPSA) is 60.2 Å². The molecular formula is C9H7BrClNO3. The van der Waals surface area contributed by atoms with Crippen LogP contribution in [-0.4, -0.2) is 16.1 Å². The minimum absolute atomic E-state index is 0.0249. The molecule has 0 aliphatic heterocycles. The minimum atomic E-state index is -0.780. The summed E-state index contributed by atoms with van der Waals surface area (Å²) in [4.78, 5) is 21.7. The molecule has 0 radical (unpaired) electrons. The van der Waals surface area contributed by atoms with Crippen LogP contribution in [0.5, 0.6) is 0 Å². The highest BCUT2D eigenvalue weighted by Gasteiger charge is 2.25. The van der Waals surface area contributed by atoms with Crippen LogP contribution in [0, 0.1) is 10.1 Å². The molecular weight excluding hydrogens is 285 g/mol. The second kappa shape index (κ2) is 4.72. The summed E-state index contributed by atoms with van der Waals surface area (Å²) < 4.78 is 0.274. The quantitative estimate of drug-likeness (QED) is 0.372. The van der Waals surface area contributed by atoms with Crippen molar-refractivity contribution >= 4 is 39.0 Å². The van der Waals surface area contributed by atoms with E-state index in [1.807, 2.05) is 0 Å². The summed E-state index contributed by atoms with van der Waals surface area (Å²) in [6.45, 7) is 1.48. The van der Waals surface area contributed by atoms with Crippen molar-refractivity contribution in [3.05, 3.63) is 38.3 Å².